The number of para-hydroxylation sites is 1. The molecule has 126 valence electrons. The maximum absolute atomic E-state index is 15.0. The van der Waals surface area contributed by atoms with Crippen molar-refractivity contribution in [2.75, 3.05) is 5.88 Å². The van der Waals surface area contributed by atoms with Crippen LogP contribution in [0.1, 0.15) is 23.6 Å². The minimum atomic E-state index is -3.14. The molecule has 0 bridgehead atoms. The van der Waals surface area contributed by atoms with Gasteiger partial charge in [-0.15, -0.1) is 11.6 Å². The number of aliphatic imine (C=N–C) groups is 1. The fraction of sp³-hybridized carbons (Fsp3) is 0.200. The summed E-state index contributed by atoms with van der Waals surface area (Å²) in [6.07, 6.45) is 1.68. The second kappa shape index (κ2) is 5.60. The van der Waals surface area contributed by atoms with E-state index in [9.17, 15) is 8.78 Å². The Bertz CT molecular complexity index is 1000. The number of benzene rings is 2. The van der Waals surface area contributed by atoms with Crippen LogP contribution in [0.15, 0.2) is 65.8 Å². The predicted octanol–water partition coefficient (Wildman–Crippen LogP) is 5.18. The Morgan fingerprint density at radius 1 is 1.04 bits per heavy atom. The van der Waals surface area contributed by atoms with Crippen LogP contribution in [0.2, 0.25) is 0 Å². The summed E-state index contributed by atoms with van der Waals surface area (Å²) in [6.45, 7) is 1.39. The highest BCUT2D eigenvalue weighted by molar-refractivity contribution is 6.20. The van der Waals surface area contributed by atoms with Crippen LogP contribution in [0.25, 0.3) is 10.9 Å². The number of fused-ring (bicyclic) bond motifs is 2. The third-order valence-corrected chi connectivity index (χ3v) is 5.20. The molecule has 0 fully saturated rings. The van der Waals surface area contributed by atoms with Crippen molar-refractivity contribution in [3.63, 3.8) is 0 Å². The molecule has 0 radical (unpaired) electrons. The molecule has 1 aromatic heterocycles. The van der Waals surface area contributed by atoms with Crippen molar-refractivity contribution < 1.29 is 8.78 Å². The second-order valence-corrected chi connectivity index (χ2v) is 6.67. The zero-order valence-corrected chi connectivity index (χ0v) is 14.3. The highest BCUT2D eigenvalue weighted by Crippen LogP contribution is 2.47. The lowest BCUT2D eigenvalue weighted by molar-refractivity contribution is -0.0666. The SMILES string of the molecule is CC1(CCl)N=C(c2cnc3ccccc3c2)c2ccccc2C1(F)F. The minimum absolute atomic E-state index is 0.0451. The van der Waals surface area contributed by atoms with Crippen LogP contribution < -0.4 is 0 Å². The Morgan fingerprint density at radius 3 is 2.56 bits per heavy atom. The van der Waals surface area contributed by atoms with Gasteiger partial charge in [0.25, 0.3) is 5.92 Å². The highest BCUT2D eigenvalue weighted by atomic mass is 35.5. The molecule has 3 aromatic rings. The molecule has 0 amide bonds. The molecule has 0 aliphatic carbocycles. The van der Waals surface area contributed by atoms with E-state index in [2.05, 4.69) is 9.98 Å². The topological polar surface area (TPSA) is 25.2 Å². The number of pyridine rings is 1. The molecule has 5 heteroatoms. The lowest BCUT2D eigenvalue weighted by Crippen LogP contribution is -2.48. The van der Waals surface area contributed by atoms with Crippen molar-refractivity contribution in [1.82, 2.24) is 4.98 Å². The van der Waals surface area contributed by atoms with E-state index in [0.29, 0.717) is 16.8 Å². The predicted molar refractivity (Wildman–Crippen MR) is 96.8 cm³/mol. The number of aromatic nitrogens is 1. The van der Waals surface area contributed by atoms with Gasteiger partial charge in [0.05, 0.1) is 17.1 Å². The fourth-order valence-electron chi connectivity index (χ4n) is 3.17. The van der Waals surface area contributed by atoms with E-state index in [1.54, 1.807) is 24.4 Å². The monoisotopic (exact) mass is 356 g/mol. The number of nitrogens with zero attached hydrogens (tertiary/aromatic N) is 2. The first kappa shape index (κ1) is 16.2. The van der Waals surface area contributed by atoms with Gasteiger partial charge in [-0.2, -0.15) is 8.78 Å². The number of halogens is 3. The Kier molecular flexibility index (Phi) is 3.62. The van der Waals surface area contributed by atoms with E-state index in [0.717, 1.165) is 10.9 Å². The van der Waals surface area contributed by atoms with Crippen molar-refractivity contribution in [3.05, 3.63) is 77.5 Å². The van der Waals surface area contributed by atoms with E-state index in [1.807, 2.05) is 30.3 Å². The van der Waals surface area contributed by atoms with Gasteiger partial charge in [-0.1, -0.05) is 42.5 Å². The largest absolute Gasteiger partial charge is 0.299 e. The van der Waals surface area contributed by atoms with Gasteiger partial charge in [-0.25, -0.2) is 0 Å². The van der Waals surface area contributed by atoms with Gasteiger partial charge in [-0.05, 0) is 19.1 Å². The van der Waals surface area contributed by atoms with Crippen molar-refractivity contribution >= 4 is 28.2 Å². The molecule has 1 atom stereocenters. The first-order valence-electron chi connectivity index (χ1n) is 7.95. The molecule has 0 N–H and O–H groups in total. The molecule has 2 heterocycles. The van der Waals surface area contributed by atoms with E-state index in [4.69, 9.17) is 11.6 Å². The van der Waals surface area contributed by atoms with Crippen LogP contribution in [-0.2, 0) is 5.92 Å². The summed E-state index contributed by atoms with van der Waals surface area (Å²) in [5.41, 5.74) is 0.731. The number of hydrogen-bond donors (Lipinski definition) is 0. The molecule has 2 nitrogen and oxygen atoms in total. The van der Waals surface area contributed by atoms with Crippen LogP contribution in [0, 0.1) is 0 Å². The van der Waals surface area contributed by atoms with Crippen molar-refractivity contribution in [2.24, 2.45) is 4.99 Å². The standard InChI is InChI=1S/C20H15ClF2N2/c1-19(12-21)20(22,23)16-8-4-3-7-15(16)18(25-19)14-10-13-6-2-5-9-17(13)24-11-14/h2-11H,12H2,1H3. The first-order valence-corrected chi connectivity index (χ1v) is 8.48. The highest BCUT2D eigenvalue weighted by Gasteiger charge is 2.55. The zero-order chi connectivity index (χ0) is 17.7. The van der Waals surface area contributed by atoms with Crippen LogP contribution in [0.3, 0.4) is 0 Å². The van der Waals surface area contributed by atoms with Crippen LogP contribution in [0.4, 0.5) is 8.78 Å². The summed E-state index contributed by atoms with van der Waals surface area (Å²) in [5.74, 6) is -3.42. The second-order valence-electron chi connectivity index (χ2n) is 6.40. The minimum Gasteiger partial charge on any atom is -0.270 e. The fourth-order valence-corrected chi connectivity index (χ4v) is 3.39. The summed E-state index contributed by atoms with van der Waals surface area (Å²) in [6, 6.07) is 16.1. The summed E-state index contributed by atoms with van der Waals surface area (Å²) in [7, 11) is 0. The normalized spacial score (nSPS) is 21.7. The lowest BCUT2D eigenvalue weighted by atomic mass is 9.81. The molecule has 4 rings (SSSR count). The molecule has 1 aliphatic rings. The van der Waals surface area contributed by atoms with Gasteiger partial charge in [0.15, 0.2) is 0 Å². The maximum atomic E-state index is 15.0. The van der Waals surface area contributed by atoms with Gasteiger partial charge in [0, 0.05) is 28.3 Å². The smallest absolute Gasteiger partial charge is 0.270 e. The van der Waals surface area contributed by atoms with E-state index >= 15 is 0 Å². The summed E-state index contributed by atoms with van der Waals surface area (Å²) in [5, 5.41) is 0.935. The average molecular weight is 357 g/mol. The molecular weight excluding hydrogens is 342 g/mol. The molecule has 1 aliphatic heterocycles. The summed E-state index contributed by atoms with van der Waals surface area (Å²) < 4.78 is 30.0. The maximum Gasteiger partial charge on any atom is 0.299 e. The number of hydrogen-bond acceptors (Lipinski definition) is 2. The Hall–Kier alpha value is -2.33. The Balaban J connectivity index is 1.98. The third kappa shape index (κ3) is 2.35. The summed E-state index contributed by atoms with van der Waals surface area (Å²) >= 11 is 5.92. The molecular formula is C20H15ClF2N2. The molecule has 0 spiro atoms. The summed E-state index contributed by atoms with van der Waals surface area (Å²) in [4.78, 5) is 8.84. The molecule has 0 saturated heterocycles. The first-order chi connectivity index (χ1) is 12.0. The average Bonchev–Trinajstić information content (AvgIpc) is 2.64. The van der Waals surface area contributed by atoms with E-state index in [-0.39, 0.29) is 11.4 Å². The third-order valence-electron chi connectivity index (χ3n) is 4.68. The van der Waals surface area contributed by atoms with Gasteiger partial charge in [0.2, 0.25) is 0 Å². The van der Waals surface area contributed by atoms with Crippen molar-refractivity contribution in [3.8, 4) is 0 Å². The van der Waals surface area contributed by atoms with Gasteiger partial charge in [-0.3, -0.25) is 9.98 Å². The van der Waals surface area contributed by atoms with Crippen LogP contribution in [0.5, 0.6) is 0 Å². The van der Waals surface area contributed by atoms with Crippen molar-refractivity contribution in [1.29, 1.82) is 0 Å². The van der Waals surface area contributed by atoms with Gasteiger partial charge in [0.1, 0.15) is 5.54 Å². The van der Waals surface area contributed by atoms with E-state index < -0.39 is 11.5 Å². The molecule has 1 unspecified atom stereocenters. The number of rotatable bonds is 2. The van der Waals surface area contributed by atoms with E-state index in [1.165, 1.54) is 13.0 Å². The zero-order valence-electron chi connectivity index (χ0n) is 13.5. The quantitative estimate of drug-likeness (QED) is 0.581. The molecule has 25 heavy (non-hydrogen) atoms. The van der Waals surface area contributed by atoms with Crippen LogP contribution >= 0.6 is 11.6 Å². The Morgan fingerprint density at radius 2 is 1.76 bits per heavy atom. The Labute approximate surface area is 149 Å². The van der Waals surface area contributed by atoms with Crippen molar-refractivity contribution in [2.45, 2.75) is 18.4 Å². The van der Waals surface area contributed by atoms with Gasteiger partial charge >= 0.3 is 0 Å². The lowest BCUT2D eigenvalue weighted by Gasteiger charge is -2.38. The van der Waals surface area contributed by atoms with Gasteiger partial charge < -0.3 is 0 Å². The molecule has 2 aromatic carbocycles. The van der Waals surface area contributed by atoms with Crippen LogP contribution in [-0.4, -0.2) is 22.1 Å². The molecule has 0 saturated carbocycles. The number of alkyl halides is 3.